The fraction of sp³-hybridized carbons (Fsp3) is 0.647. The zero-order chi connectivity index (χ0) is 13.4. The molecule has 0 heterocycles. The molecule has 0 aliphatic heterocycles. The van der Waals surface area contributed by atoms with Gasteiger partial charge in [0.2, 0.25) is 0 Å². The van der Waals surface area contributed by atoms with Gasteiger partial charge >= 0.3 is 0 Å². The van der Waals surface area contributed by atoms with E-state index in [0.29, 0.717) is 5.41 Å². The summed E-state index contributed by atoms with van der Waals surface area (Å²) in [5, 5.41) is 0. The Balaban J connectivity index is 2.22. The summed E-state index contributed by atoms with van der Waals surface area (Å²) in [4.78, 5) is 0. The van der Waals surface area contributed by atoms with E-state index >= 15 is 0 Å². The minimum absolute atomic E-state index is 0.00137. The quantitative estimate of drug-likeness (QED) is 0.832. The van der Waals surface area contributed by atoms with Gasteiger partial charge in [-0.15, -0.1) is 0 Å². The predicted octanol–water partition coefficient (Wildman–Crippen LogP) is 4.14. The van der Waals surface area contributed by atoms with Crippen LogP contribution in [0.1, 0.15) is 56.2 Å². The first-order valence-corrected chi connectivity index (χ1v) is 7.15. The Morgan fingerprint density at radius 2 is 1.72 bits per heavy atom. The van der Waals surface area contributed by atoms with E-state index in [1.54, 1.807) is 0 Å². The molecule has 0 spiro atoms. The fourth-order valence-corrected chi connectivity index (χ4v) is 3.68. The van der Waals surface area contributed by atoms with Gasteiger partial charge < -0.3 is 5.73 Å². The van der Waals surface area contributed by atoms with E-state index in [-0.39, 0.29) is 5.54 Å². The lowest BCUT2D eigenvalue weighted by Gasteiger charge is -2.43. The van der Waals surface area contributed by atoms with Crippen molar-refractivity contribution in [3.05, 3.63) is 34.9 Å². The average molecular weight is 245 g/mol. The SMILES string of the molecule is Cc1cccc(C)c1CC1(N)CCCC(C)(C)C1. The van der Waals surface area contributed by atoms with Crippen molar-refractivity contribution in [2.75, 3.05) is 0 Å². The first-order valence-electron chi connectivity index (χ1n) is 7.15. The van der Waals surface area contributed by atoms with Crippen molar-refractivity contribution >= 4 is 0 Å². The topological polar surface area (TPSA) is 26.0 Å². The van der Waals surface area contributed by atoms with Gasteiger partial charge in [-0.1, -0.05) is 38.5 Å². The van der Waals surface area contributed by atoms with Crippen LogP contribution in [0.5, 0.6) is 0 Å². The Morgan fingerprint density at radius 1 is 1.11 bits per heavy atom. The van der Waals surface area contributed by atoms with Gasteiger partial charge in [0.05, 0.1) is 0 Å². The van der Waals surface area contributed by atoms with E-state index in [9.17, 15) is 0 Å². The van der Waals surface area contributed by atoms with Crippen molar-refractivity contribution in [1.82, 2.24) is 0 Å². The van der Waals surface area contributed by atoms with Crippen LogP contribution in [0.15, 0.2) is 18.2 Å². The molecule has 1 aliphatic carbocycles. The highest BCUT2D eigenvalue weighted by Crippen LogP contribution is 2.41. The van der Waals surface area contributed by atoms with E-state index in [1.807, 2.05) is 0 Å². The van der Waals surface area contributed by atoms with Crippen LogP contribution in [0.3, 0.4) is 0 Å². The van der Waals surface area contributed by atoms with Crippen LogP contribution in [-0.4, -0.2) is 5.54 Å². The van der Waals surface area contributed by atoms with Gasteiger partial charge in [-0.3, -0.25) is 0 Å². The van der Waals surface area contributed by atoms with Crippen LogP contribution >= 0.6 is 0 Å². The number of nitrogens with two attached hydrogens (primary N) is 1. The normalized spacial score (nSPS) is 27.2. The maximum Gasteiger partial charge on any atom is 0.0200 e. The molecule has 0 bridgehead atoms. The summed E-state index contributed by atoms with van der Waals surface area (Å²) >= 11 is 0. The van der Waals surface area contributed by atoms with Gasteiger partial charge in [0.1, 0.15) is 0 Å². The number of hydrogen-bond donors (Lipinski definition) is 1. The van der Waals surface area contributed by atoms with Gasteiger partial charge in [-0.2, -0.15) is 0 Å². The summed E-state index contributed by atoms with van der Waals surface area (Å²) in [6.07, 6.45) is 5.94. The number of hydrogen-bond acceptors (Lipinski definition) is 1. The summed E-state index contributed by atoms with van der Waals surface area (Å²) in [5.41, 5.74) is 11.4. The summed E-state index contributed by atoms with van der Waals surface area (Å²) in [7, 11) is 0. The summed E-state index contributed by atoms with van der Waals surface area (Å²) in [5.74, 6) is 0. The third-order valence-corrected chi connectivity index (χ3v) is 4.53. The zero-order valence-electron chi connectivity index (χ0n) is 12.3. The molecule has 2 rings (SSSR count). The highest BCUT2D eigenvalue weighted by atomic mass is 14.8. The van der Waals surface area contributed by atoms with E-state index in [0.717, 1.165) is 12.8 Å². The monoisotopic (exact) mass is 245 g/mol. The predicted molar refractivity (Wildman–Crippen MR) is 78.8 cm³/mol. The van der Waals surface area contributed by atoms with Gasteiger partial charge in [-0.05, 0) is 61.6 Å². The minimum atomic E-state index is -0.00137. The first kappa shape index (κ1) is 13.6. The minimum Gasteiger partial charge on any atom is -0.325 e. The molecule has 1 heteroatoms. The van der Waals surface area contributed by atoms with Gasteiger partial charge in [0, 0.05) is 5.54 Å². The molecule has 0 radical (unpaired) electrons. The van der Waals surface area contributed by atoms with Crippen molar-refractivity contribution in [3.63, 3.8) is 0 Å². The lowest BCUT2D eigenvalue weighted by atomic mass is 9.66. The molecular weight excluding hydrogens is 218 g/mol. The van der Waals surface area contributed by atoms with Crippen molar-refractivity contribution in [3.8, 4) is 0 Å². The van der Waals surface area contributed by atoms with Crippen LogP contribution < -0.4 is 5.73 Å². The van der Waals surface area contributed by atoms with Crippen LogP contribution in [-0.2, 0) is 6.42 Å². The number of aryl methyl sites for hydroxylation is 2. The zero-order valence-corrected chi connectivity index (χ0v) is 12.3. The largest absolute Gasteiger partial charge is 0.325 e. The molecule has 100 valence electrons. The van der Waals surface area contributed by atoms with Crippen molar-refractivity contribution in [2.24, 2.45) is 11.1 Å². The van der Waals surface area contributed by atoms with Crippen molar-refractivity contribution in [1.29, 1.82) is 0 Å². The Hall–Kier alpha value is -0.820. The molecule has 1 aliphatic rings. The van der Waals surface area contributed by atoms with Crippen LogP contribution in [0.2, 0.25) is 0 Å². The molecule has 0 amide bonds. The molecule has 1 unspecified atom stereocenters. The second-order valence-corrected chi connectivity index (χ2v) is 7.10. The highest BCUT2D eigenvalue weighted by molar-refractivity contribution is 5.35. The molecular formula is C17H27N. The van der Waals surface area contributed by atoms with Gasteiger partial charge in [-0.25, -0.2) is 0 Å². The maximum atomic E-state index is 6.70. The van der Waals surface area contributed by atoms with Crippen LogP contribution in [0.25, 0.3) is 0 Å². The fourth-order valence-electron chi connectivity index (χ4n) is 3.68. The summed E-state index contributed by atoms with van der Waals surface area (Å²) < 4.78 is 0. The summed E-state index contributed by atoms with van der Waals surface area (Å²) in [6.45, 7) is 9.14. The van der Waals surface area contributed by atoms with E-state index in [4.69, 9.17) is 5.73 Å². The average Bonchev–Trinajstić information content (AvgIpc) is 2.22. The standard InChI is InChI=1S/C17H27N/c1-13-7-5-8-14(2)15(13)11-17(18)10-6-9-16(3,4)12-17/h5,7-8H,6,9-12,18H2,1-4H3. The van der Waals surface area contributed by atoms with Gasteiger partial charge in [0.15, 0.2) is 0 Å². The highest BCUT2D eigenvalue weighted by Gasteiger charge is 2.37. The van der Waals surface area contributed by atoms with Crippen molar-refractivity contribution in [2.45, 2.75) is 65.3 Å². The second-order valence-electron chi connectivity index (χ2n) is 7.10. The maximum absolute atomic E-state index is 6.70. The molecule has 1 atom stereocenters. The molecule has 0 saturated heterocycles. The van der Waals surface area contributed by atoms with E-state index in [1.165, 1.54) is 36.0 Å². The lowest BCUT2D eigenvalue weighted by Crippen LogP contribution is -2.48. The summed E-state index contributed by atoms with van der Waals surface area (Å²) in [6, 6.07) is 6.56. The smallest absolute Gasteiger partial charge is 0.0200 e. The van der Waals surface area contributed by atoms with Crippen LogP contribution in [0.4, 0.5) is 0 Å². The molecule has 1 nitrogen and oxygen atoms in total. The number of benzene rings is 1. The molecule has 1 aromatic carbocycles. The third-order valence-electron chi connectivity index (χ3n) is 4.53. The molecule has 1 saturated carbocycles. The van der Waals surface area contributed by atoms with E-state index in [2.05, 4.69) is 45.9 Å². The lowest BCUT2D eigenvalue weighted by molar-refractivity contribution is 0.150. The van der Waals surface area contributed by atoms with Crippen molar-refractivity contribution < 1.29 is 0 Å². The molecule has 2 N–H and O–H groups in total. The van der Waals surface area contributed by atoms with E-state index < -0.39 is 0 Å². The number of rotatable bonds is 2. The molecule has 1 fully saturated rings. The molecule has 0 aromatic heterocycles. The molecule has 1 aromatic rings. The Labute approximate surface area is 112 Å². The Morgan fingerprint density at radius 3 is 2.28 bits per heavy atom. The second kappa shape index (κ2) is 4.70. The van der Waals surface area contributed by atoms with Crippen LogP contribution in [0, 0.1) is 19.3 Å². The molecule has 18 heavy (non-hydrogen) atoms. The Bertz CT molecular complexity index is 413. The first-order chi connectivity index (χ1) is 8.31. The van der Waals surface area contributed by atoms with Gasteiger partial charge in [0.25, 0.3) is 0 Å². The third kappa shape index (κ3) is 2.95. The Kier molecular flexibility index (Phi) is 3.55.